The summed E-state index contributed by atoms with van der Waals surface area (Å²) in [4.78, 5) is 46.7. The first kappa shape index (κ1) is 26.4. The third-order valence-electron chi connectivity index (χ3n) is 4.41. The van der Waals surface area contributed by atoms with Crippen LogP contribution in [0, 0.1) is 0 Å². The van der Waals surface area contributed by atoms with Crippen molar-refractivity contribution >= 4 is 41.7 Å². The Hall–Kier alpha value is -2.85. The molecule has 5 atom stereocenters. The van der Waals surface area contributed by atoms with E-state index in [2.05, 4.69) is 0 Å². The van der Waals surface area contributed by atoms with Crippen molar-refractivity contribution in [2.45, 2.75) is 57.5 Å². The van der Waals surface area contributed by atoms with Crippen LogP contribution in [-0.2, 0) is 42.9 Å². The fourth-order valence-electron chi connectivity index (χ4n) is 3.22. The molecule has 0 amide bonds. The second kappa shape index (κ2) is 13.0. The first-order valence-corrected chi connectivity index (χ1v) is 11.4. The summed E-state index contributed by atoms with van der Waals surface area (Å²) in [5.41, 5.74) is 0.227. The highest BCUT2D eigenvalue weighted by Gasteiger charge is 2.52. The average Bonchev–Trinajstić information content (AvgIpc) is 2.73. The van der Waals surface area contributed by atoms with Crippen molar-refractivity contribution in [3.05, 3.63) is 42.0 Å². The van der Waals surface area contributed by atoms with Crippen LogP contribution in [0.4, 0.5) is 0 Å². The zero-order valence-electron chi connectivity index (χ0n) is 18.9. The Morgan fingerprint density at radius 1 is 0.848 bits per heavy atom. The number of carbonyl (C=O) groups is 4. The molecular formula is C23H28O9S. The molecule has 0 unspecified atom stereocenters. The third-order valence-corrected chi connectivity index (χ3v) is 5.51. The summed E-state index contributed by atoms with van der Waals surface area (Å²) in [5.74, 6) is -2.02. The lowest BCUT2D eigenvalue weighted by atomic mass is 9.99. The molecule has 33 heavy (non-hydrogen) atoms. The lowest BCUT2D eigenvalue weighted by molar-refractivity contribution is -0.237. The number of hydrogen-bond donors (Lipinski definition) is 0. The van der Waals surface area contributed by atoms with Crippen molar-refractivity contribution in [2.24, 2.45) is 0 Å². The van der Waals surface area contributed by atoms with Gasteiger partial charge in [0.1, 0.15) is 18.1 Å². The molecule has 10 heteroatoms. The first-order chi connectivity index (χ1) is 15.7. The largest absolute Gasteiger partial charge is 0.463 e. The Kier molecular flexibility index (Phi) is 10.4. The normalized spacial score (nSPS) is 24.7. The molecular weight excluding hydrogens is 452 g/mol. The quantitative estimate of drug-likeness (QED) is 0.386. The average molecular weight is 481 g/mol. The number of thioether (sulfide) groups is 1. The molecule has 1 aromatic carbocycles. The first-order valence-electron chi connectivity index (χ1n) is 10.3. The van der Waals surface area contributed by atoms with Crippen molar-refractivity contribution in [3.8, 4) is 0 Å². The molecule has 0 aromatic heterocycles. The Morgan fingerprint density at radius 2 is 1.42 bits per heavy atom. The molecule has 1 heterocycles. The van der Waals surface area contributed by atoms with Gasteiger partial charge in [-0.25, -0.2) is 0 Å². The van der Waals surface area contributed by atoms with E-state index in [1.165, 1.54) is 39.5 Å². The van der Waals surface area contributed by atoms with Gasteiger partial charge < -0.3 is 23.7 Å². The van der Waals surface area contributed by atoms with Gasteiger partial charge in [0.15, 0.2) is 18.3 Å². The maximum absolute atomic E-state index is 11.8. The Balaban J connectivity index is 2.28. The lowest BCUT2D eigenvalue weighted by Crippen LogP contribution is -2.61. The summed E-state index contributed by atoms with van der Waals surface area (Å²) in [5, 5.41) is 0. The molecule has 1 aliphatic heterocycles. The van der Waals surface area contributed by atoms with Crippen LogP contribution in [0.25, 0.3) is 6.08 Å². The summed E-state index contributed by atoms with van der Waals surface area (Å²) in [7, 11) is 0. The topological polar surface area (TPSA) is 114 Å². The molecule has 0 spiro atoms. The molecule has 180 valence electrons. The number of benzene rings is 1. The fraction of sp³-hybridized carbons (Fsp3) is 0.478. The molecule has 0 aliphatic carbocycles. The van der Waals surface area contributed by atoms with Crippen LogP contribution in [0.15, 0.2) is 36.4 Å². The summed E-state index contributed by atoms with van der Waals surface area (Å²) in [6, 6.07) is 9.67. The van der Waals surface area contributed by atoms with Crippen LogP contribution in [0.5, 0.6) is 0 Å². The van der Waals surface area contributed by atoms with Crippen molar-refractivity contribution in [2.75, 3.05) is 12.4 Å². The monoisotopic (exact) mass is 480 g/mol. The maximum Gasteiger partial charge on any atom is 0.303 e. The standard InChI is InChI=1S/C23H28O9S/c1-14(24)28-13-19-20(29-15(2)25)21(30-16(3)26)22(31-17(4)27)23(32-19)33-12-8-11-18-9-6-5-7-10-18/h5-11,19-23H,12-13H2,1-4H3/t19-,20-,21+,22+,23-/m1/s1. The highest BCUT2D eigenvalue weighted by molar-refractivity contribution is 7.99. The van der Waals surface area contributed by atoms with Gasteiger partial charge in [0.25, 0.3) is 0 Å². The van der Waals surface area contributed by atoms with E-state index in [1.807, 2.05) is 42.5 Å². The summed E-state index contributed by atoms with van der Waals surface area (Å²) < 4.78 is 27.3. The molecule has 0 radical (unpaired) electrons. The van der Waals surface area contributed by atoms with Gasteiger partial charge in [0.05, 0.1) is 0 Å². The van der Waals surface area contributed by atoms with E-state index in [-0.39, 0.29) is 6.61 Å². The number of esters is 4. The van der Waals surface area contributed by atoms with Gasteiger partial charge in [-0.2, -0.15) is 0 Å². The van der Waals surface area contributed by atoms with Crippen molar-refractivity contribution in [1.82, 2.24) is 0 Å². The van der Waals surface area contributed by atoms with E-state index in [9.17, 15) is 19.2 Å². The molecule has 0 bridgehead atoms. The van der Waals surface area contributed by atoms with Crippen LogP contribution in [0.2, 0.25) is 0 Å². The molecule has 1 aliphatic rings. The smallest absolute Gasteiger partial charge is 0.303 e. The lowest BCUT2D eigenvalue weighted by Gasteiger charge is -2.44. The number of carbonyl (C=O) groups excluding carboxylic acids is 4. The minimum absolute atomic E-state index is 0.241. The van der Waals surface area contributed by atoms with E-state index in [0.717, 1.165) is 5.56 Å². The van der Waals surface area contributed by atoms with Crippen molar-refractivity contribution in [3.63, 3.8) is 0 Å². The molecule has 1 fully saturated rings. The number of rotatable bonds is 9. The van der Waals surface area contributed by atoms with E-state index in [4.69, 9.17) is 23.7 Å². The van der Waals surface area contributed by atoms with Gasteiger partial charge in [0, 0.05) is 33.4 Å². The molecule has 0 N–H and O–H groups in total. The van der Waals surface area contributed by atoms with Crippen molar-refractivity contribution in [1.29, 1.82) is 0 Å². The highest BCUT2D eigenvalue weighted by atomic mass is 32.2. The van der Waals surface area contributed by atoms with Crippen LogP contribution in [0.3, 0.4) is 0 Å². The maximum atomic E-state index is 11.8. The molecule has 0 saturated carbocycles. The summed E-state index contributed by atoms with van der Waals surface area (Å²) in [6.45, 7) is 4.58. The third kappa shape index (κ3) is 8.89. The second-order valence-corrected chi connectivity index (χ2v) is 8.35. The summed E-state index contributed by atoms with van der Waals surface area (Å²) in [6.07, 6.45) is -0.456. The SMILES string of the molecule is CC(=O)OC[C@H]1O[C@H](SCC=Cc2ccccc2)[C@@H](OC(C)=O)[C@@H](OC(C)=O)[C@@H]1OC(C)=O. The zero-order valence-corrected chi connectivity index (χ0v) is 19.7. The van der Waals surface area contributed by atoms with Crippen LogP contribution in [-0.4, -0.2) is 66.1 Å². The molecule has 2 rings (SSSR count). The van der Waals surface area contributed by atoms with E-state index >= 15 is 0 Å². The van der Waals surface area contributed by atoms with Crippen molar-refractivity contribution < 1.29 is 42.9 Å². The predicted molar refractivity (Wildman–Crippen MR) is 120 cm³/mol. The van der Waals surface area contributed by atoms with E-state index in [0.29, 0.717) is 5.75 Å². The summed E-state index contributed by atoms with van der Waals surface area (Å²) >= 11 is 1.30. The van der Waals surface area contributed by atoms with Gasteiger partial charge >= 0.3 is 23.9 Å². The minimum atomic E-state index is -1.15. The van der Waals surface area contributed by atoms with Gasteiger partial charge in [-0.1, -0.05) is 42.5 Å². The van der Waals surface area contributed by atoms with Gasteiger partial charge in [-0.3, -0.25) is 19.2 Å². The Bertz CT molecular complexity index is 855. The Morgan fingerprint density at radius 3 is 2.00 bits per heavy atom. The molecule has 9 nitrogen and oxygen atoms in total. The molecule has 1 saturated heterocycles. The predicted octanol–water partition coefficient (Wildman–Crippen LogP) is 2.52. The number of hydrogen-bond acceptors (Lipinski definition) is 10. The Labute approximate surface area is 196 Å². The van der Waals surface area contributed by atoms with E-state index < -0.39 is 53.7 Å². The zero-order chi connectivity index (χ0) is 24.4. The van der Waals surface area contributed by atoms with Gasteiger partial charge in [-0.15, -0.1) is 11.8 Å². The van der Waals surface area contributed by atoms with Gasteiger partial charge in [0.2, 0.25) is 0 Å². The minimum Gasteiger partial charge on any atom is -0.463 e. The van der Waals surface area contributed by atoms with Crippen LogP contribution in [0.1, 0.15) is 33.3 Å². The highest BCUT2D eigenvalue weighted by Crippen LogP contribution is 2.34. The fourth-order valence-corrected chi connectivity index (χ4v) is 4.24. The molecule has 1 aromatic rings. The van der Waals surface area contributed by atoms with Gasteiger partial charge in [-0.05, 0) is 5.56 Å². The van der Waals surface area contributed by atoms with Crippen LogP contribution < -0.4 is 0 Å². The van der Waals surface area contributed by atoms with Crippen LogP contribution >= 0.6 is 11.8 Å². The second-order valence-electron chi connectivity index (χ2n) is 7.21. The number of ether oxygens (including phenoxy) is 5. The van der Waals surface area contributed by atoms with E-state index in [1.54, 1.807) is 0 Å².